The number of phenolic OH excluding ortho intramolecular Hbond substituents is 2. The summed E-state index contributed by atoms with van der Waals surface area (Å²) in [5, 5.41) is 21.7. The van der Waals surface area contributed by atoms with E-state index < -0.39 is 0 Å². The fourth-order valence-electron chi connectivity index (χ4n) is 2.26. The van der Waals surface area contributed by atoms with E-state index in [1.165, 1.54) is 12.1 Å². The van der Waals surface area contributed by atoms with Gasteiger partial charge in [-0.15, -0.1) is 0 Å². The van der Waals surface area contributed by atoms with Gasteiger partial charge < -0.3 is 20.4 Å². The summed E-state index contributed by atoms with van der Waals surface area (Å²) in [5.41, 5.74) is 0.459. The van der Waals surface area contributed by atoms with E-state index in [4.69, 9.17) is 0 Å². The van der Waals surface area contributed by atoms with E-state index in [0.717, 1.165) is 0 Å². The highest BCUT2D eigenvalue weighted by Gasteiger charge is 2.30. The Labute approximate surface area is 122 Å². The summed E-state index contributed by atoms with van der Waals surface area (Å²) in [6, 6.07) is 4.60. The zero-order valence-corrected chi connectivity index (χ0v) is 11.6. The molecule has 0 saturated carbocycles. The maximum absolute atomic E-state index is 11.8. The molecule has 0 radical (unpaired) electrons. The first-order valence-electron chi connectivity index (χ1n) is 6.69. The molecule has 2 amide bonds. The number of likely N-dealkylation sites (tertiary alicyclic amines) is 1. The standard InChI is InChI=1S/C15H18N2O4/c1-2-14(20)17-8-10(9-17)6-13(19)16-7-11-4-3-5-12(18)15(11)21/h2-5,10,18,21H,1,6-9H2,(H,16,19). The van der Waals surface area contributed by atoms with Crippen LogP contribution in [-0.4, -0.2) is 40.0 Å². The van der Waals surface area contributed by atoms with Crippen molar-refractivity contribution in [1.29, 1.82) is 0 Å². The van der Waals surface area contributed by atoms with Gasteiger partial charge in [0.1, 0.15) is 0 Å². The number of phenols is 2. The van der Waals surface area contributed by atoms with E-state index in [1.807, 2.05) is 0 Å². The SMILES string of the molecule is C=CC(=O)N1CC(CC(=O)NCc2cccc(O)c2O)C1. The average molecular weight is 290 g/mol. The van der Waals surface area contributed by atoms with Crippen LogP contribution < -0.4 is 5.32 Å². The number of amides is 2. The van der Waals surface area contributed by atoms with Crippen molar-refractivity contribution in [3.63, 3.8) is 0 Å². The number of carbonyl (C=O) groups is 2. The van der Waals surface area contributed by atoms with Crippen molar-refractivity contribution in [2.75, 3.05) is 13.1 Å². The van der Waals surface area contributed by atoms with Gasteiger partial charge in [-0.1, -0.05) is 18.7 Å². The van der Waals surface area contributed by atoms with Crippen LogP contribution in [0.25, 0.3) is 0 Å². The van der Waals surface area contributed by atoms with Crippen LogP contribution in [0.1, 0.15) is 12.0 Å². The smallest absolute Gasteiger partial charge is 0.245 e. The van der Waals surface area contributed by atoms with Gasteiger partial charge in [-0.25, -0.2) is 0 Å². The highest BCUT2D eigenvalue weighted by atomic mass is 16.3. The summed E-state index contributed by atoms with van der Waals surface area (Å²) in [6.07, 6.45) is 1.60. The Morgan fingerprint density at radius 2 is 2.10 bits per heavy atom. The van der Waals surface area contributed by atoms with Crippen LogP contribution in [0.4, 0.5) is 0 Å². The molecule has 0 unspecified atom stereocenters. The Hall–Kier alpha value is -2.50. The zero-order chi connectivity index (χ0) is 15.4. The van der Waals surface area contributed by atoms with Crippen LogP contribution in [0.5, 0.6) is 11.5 Å². The van der Waals surface area contributed by atoms with Gasteiger partial charge in [-0.05, 0) is 12.1 Å². The quantitative estimate of drug-likeness (QED) is 0.551. The molecule has 0 aromatic heterocycles. The summed E-state index contributed by atoms with van der Waals surface area (Å²) >= 11 is 0. The van der Waals surface area contributed by atoms with Gasteiger partial charge in [0, 0.05) is 37.5 Å². The Morgan fingerprint density at radius 1 is 1.38 bits per heavy atom. The van der Waals surface area contributed by atoms with Crippen molar-refractivity contribution in [2.45, 2.75) is 13.0 Å². The lowest BCUT2D eigenvalue weighted by molar-refractivity contribution is -0.135. The largest absolute Gasteiger partial charge is 0.504 e. The van der Waals surface area contributed by atoms with Crippen LogP contribution in [0.3, 0.4) is 0 Å². The van der Waals surface area contributed by atoms with Crippen LogP contribution in [-0.2, 0) is 16.1 Å². The zero-order valence-electron chi connectivity index (χ0n) is 11.6. The van der Waals surface area contributed by atoms with Crippen molar-refractivity contribution in [1.82, 2.24) is 10.2 Å². The van der Waals surface area contributed by atoms with E-state index >= 15 is 0 Å². The Kier molecular flexibility index (Phi) is 4.47. The molecule has 0 atom stereocenters. The average Bonchev–Trinajstić information content (AvgIpc) is 2.43. The third-order valence-corrected chi connectivity index (χ3v) is 3.49. The summed E-state index contributed by atoms with van der Waals surface area (Å²) in [5.74, 6) is -0.528. The predicted octanol–water partition coefficient (Wildman–Crippen LogP) is 0.748. The number of nitrogens with zero attached hydrogens (tertiary/aromatic N) is 1. The van der Waals surface area contributed by atoms with Crippen molar-refractivity contribution in [2.24, 2.45) is 5.92 Å². The van der Waals surface area contributed by atoms with Gasteiger partial charge in [0.15, 0.2) is 11.5 Å². The molecule has 1 saturated heterocycles. The van der Waals surface area contributed by atoms with Gasteiger partial charge in [0.05, 0.1) is 0 Å². The number of benzene rings is 1. The normalized spacial score (nSPS) is 14.4. The molecule has 1 fully saturated rings. The number of hydrogen-bond donors (Lipinski definition) is 3. The molecule has 2 rings (SSSR count). The van der Waals surface area contributed by atoms with Crippen molar-refractivity contribution < 1.29 is 19.8 Å². The fourth-order valence-corrected chi connectivity index (χ4v) is 2.26. The first kappa shape index (κ1) is 14.9. The van der Waals surface area contributed by atoms with E-state index in [1.54, 1.807) is 17.0 Å². The van der Waals surface area contributed by atoms with Crippen molar-refractivity contribution in [3.05, 3.63) is 36.4 Å². The second-order valence-electron chi connectivity index (χ2n) is 5.08. The molecule has 0 bridgehead atoms. The van der Waals surface area contributed by atoms with Crippen LogP contribution in [0, 0.1) is 5.92 Å². The molecule has 112 valence electrons. The molecular weight excluding hydrogens is 272 g/mol. The second-order valence-corrected chi connectivity index (χ2v) is 5.08. The van der Waals surface area contributed by atoms with E-state index in [-0.39, 0.29) is 35.8 Å². The predicted molar refractivity (Wildman–Crippen MR) is 76.5 cm³/mol. The number of aromatic hydroxyl groups is 2. The summed E-state index contributed by atoms with van der Waals surface area (Å²) in [6.45, 7) is 4.70. The van der Waals surface area contributed by atoms with Gasteiger partial charge in [-0.3, -0.25) is 9.59 Å². The molecular formula is C15H18N2O4. The van der Waals surface area contributed by atoms with Crippen molar-refractivity contribution >= 4 is 11.8 Å². The Bertz CT molecular complexity index is 565. The summed E-state index contributed by atoms with van der Waals surface area (Å²) < 4.78 is 0. The van der Waals surface area contributed by atoms with Crippen LogP contribution >= 0.6 is 0 Å². The minimum Gasteiger partial charge on any atom is -0.504 e. The van der Waals surface area contributed by atoms with Crippen LogP contribution in [0.2, 0.25) is 0 Å². The van der Waals surface area contributed by atoms with Gasteiger partial charge in [0.2, 0.25) is 11.8 Å². The van der Waals surface area contributed by atoms with E-state index in [2.05, 4.69) is 11.9 Å². The lowest BCUT2D eigenvalue weighted by atomic mass is 9.96. The third-order valence-electron chi connectivity index (χ3n) is 3.49. The van der Waals surface area contributed by atoms with Gasteiger partial charge >= 0.3 is 0 Å². The third kappa shape index (κ3) is 3.53. The summed E-state index contributed by atoms with van der Waals surface area (Å²) in [4.78, 5) is 24.7. The molecule has 3 N–H and O–H groups in total. The number of hydrogen-bond acceptors (Lipinski definition) is 4. The Morgan fingerprint density at radius 3 is 2.76 bits per heavy atom. The van der Waals surface area contributed by atoms with Crippen molar-refractivity contribution in [3.8, 4) is 11.5 Å². The maximum atomic E-state index is 11.8. The topological polar surface area (TPSA) is 89.9 Å². The first-order valence-corrected chi connectivity index (χ1v) is 6.69. The molecule has 0 aliphatic carbocycles. The second kappa shape index (κ2) is 6.30. The Balaban J connectivity index is 1.75. The number of rotatable bonds is 5. The number of para-hydroxylation sites is 1. The highest BCUT2D eigenvalue weighted by Crippen LogP contribution is 2.28. The lowest BCUT2D eigenvalue weighted by Crippen LogP contribution is -2.50. The molecule has 21 heavy (non-hydrogen) atoms. The minimum atomic E-state index is -0.218. The molecule has 1 aromatic rings. The number of carbonyl (C=O) groups excluding carboxylic acids is 2. The molecule has 1 heterocycles. The fraction of sp³-hybridized carbons (Fsp3) is 0.333. The van der Waals surface area contributed by atoms with Crippen LogP contribution in [0.15, 0.2) is 30.9 Å². The minimum absolute atomic E-state index is 0.114. The van der Waals surface area contributed by atoms with E-state index in [0.29, 0.717) is 25.1 Å². The molecule has 1 aliphatic rings. The summed E-state index contributed by atoms with van der Waals surface area (Å²) in [7, 11) is 0. The lowest BCUT2D eigenvalue weighted by Gasteiger charge is -2.38. The molecule has 6 nitrogen and oxygen atoms in total. The molecule has 1 aliphatic heterocycles. The van der Waals surface area contributed by atoms with Gasteiger partial charge in [-0.2, -0.15) is 0 Å². The molecule has 0 spiro atoms. The maximum Gasteiger partial charge on any atom is 0.245 e. The van der Waals surface area contributed by atoms with E-state index in [9.17, 15) is 19.8 Å². The molecule has 1 aromatic carbocycles. The number of nitrogens with one attached hydrogen (secondary N) is 1. The molecule has 6 heteroatoms. The highest BCUT2D eigenvalue weighted by molar-refractivity contribution is 5.87. The monoisotopic (exact) mass is 290 g/mol. The first-order chi connectivity index (χ1) is 10.0. The van der Waals surface area contributed by atoms with Gasteiger partial charge in [0.25, 0.3) is 0 Å².